The highest BCUT2D eigenvalue weighted by Gasteiger charge is 2.41. The lowest BCUT2D eigenvalue weighted by atomic mass is 10.0. The molecule has 0 bridgehead atoms. The van der Waals surface area contributed by atoms with E-state index in [1.807, 2.05) is 0 Å². The zero-order valence-corrected chi connectivity index (χ0v) is 14.2. The minimum atomic E-state index is -4.69. The van der Waals surface area contributed by atoms with Gasteiger partial charge in [-0.25, -0.2) is 9.56 Å². The Balaban J connectivity index is 1.97. The van der Waals surface area contributed by atoms with E-state index in [1.165, 1.54) is 0 Å². The van der Waals surface area contributed by atoms with Gasteiger partial charge in [-0.1, -0.05) is 24.4 Å². The summed E-state index contributed by atoms with van der Waals surface area (Å²) >= 11 is 10.4. The van der Waals surface area contributed by atoms with E-state index < -0.39 is 38.4 Å². The van der Waals surface area contributed by atoms with Crippen LogP contribution in [0.25, 0.3) is 0 Å². The third kappa shape index (κ3) is 3.32. The van der Waals surface area contributed by atoms with Gasteiger partial charge >= 0.3 is 7.82 Å². The van der Waals surface area contributed by atoms with Gasteiger partial charge in [0.05, 0.1) is 16.3 Å². The summed E-state index contributed by atoms with van der Waals surface area (Å²) in [5.74, 6) is -0.133. The highest BCUT2D eigenvalue weighted by molar-refractivity contribution is 7.89. The van der Waals surface area contributed by atoms with Crippen molar-refractivity contribution in [3.8, 4) is 0 Å². The van der Waals surface area contributed by atoms with Crippen molar-refractivity contribution in [2.45, 2.75) is 18.4 Å². The lowest BCUT2D eigenvalue weighted by Gasteiger charge is -2.34. The quantitative estimate of drug-likeness (QED) is 0.320. The second-order valence-electron chi connectivity index (χ2n) is 4.86. The Morgan fingerprint density at radius 3 is 2.71 bits per heavy atom. The van der Waals surface area contributed by atoms with Gasteiger partial charge in [-0.2, -0.15) is 4.98 Å². The minimum absolute atomic E-state index is 0.0113. The van der Waals surface area contributed by atoms with E-state index in [4.69, 9.17) is 44.7 Å². The maximum absolute atomic E-state index is 11.9. The highest BCUT2D eigenvalue weighted by Crippen LogP contribution is 2.36. The maximum Gasteiger partial charge on any atom is 0.469 e. The predicted molar refractivity (Wildman–Crippen MR) is 87.2 cm³/mol. The third-order valence-corrected chi connectivity index (χ3v) is 4.74. The molecule has 3 atom stereocenters. The van der Waals surface area contributed by atoms with Crippen molar-refractivity contribution in [2.75, 3.05) is 12.3 Å². The van der Waals surface area contributed by atoms with Crippen LogP contribution in [0.3, 0.4) is 0 Å². The molecule has 14 heteroatoms. The second-order valence-corrected chi connectivity index (χ2v) is 6.98. The van der Waals surface area contributed by atoms with Crippen molar-refractivity contribution >= 4 is 47.9 Å². The van der Waals surface area contributed by atoms with Gasteiger partial charge in [-0.3, -0.25) is 19.3 Å². The van der Waals surface area contributed by atoms with E-state index >= 15 is 0 Å². The molecule has 3 heterocycles. The zero-order valence-electron chi connectivity index (χ0n) is 11.6. The Labute approximate surface area is 143 Å². The molecule has 0 saturated carbocycles. The summed E-state index contributed by atoms with van der Waals surface area (Å²) < 4.78 is 20.8. The summed E-state index contributed by atoms with van der Waals surface area (Å²) in [6.45, 7) is -0.500. The number of nitrogens with two attached hydrogens (primary N) is 1. The Bertz CT molecular complexity index is 957. The number of phosphoric ester groups is 1. The lowest BCUT2D eigenvalue weighted by Crippen LogP contribution is -2.57. The Kier molecular flexibility index (Phi) is 4.42. The first-order valence-corrected chi connectivity index (χ1v) is 8.75. The van der Waals surface area contributed by atoms with Crippen LogP contribution in [0.15, 0.2) is 14.8 Å². The molecule has 0 spiro atoms. The van der Waals surface area contributed by atoms with Crippen molar-refractivity contribution in [2.24, 2.45) is 9.98 Å². The van der Waals surface area contributed by atoms with Gasteiger partial charge in [0.25, 0.3) is 5.56 Å². The molecule has 3 rings (SSSR count). The van der Waals surface area contributed by atoms with E-state index in [0.29, 0.717) is 0 Å². The number of anilines is 1. The van der Waals surface area contributed by atoms with Gasteiger partial charge in [0, 0.05) is 0 Å². The van der Waals surface area contributed by atoms with Crippen molar-refractivity contribution in [3.63, 3.8) is 0 Å². The van der Waals surface area contributed by atoms with E-state index in [-0.39, 0.29) is 26.5 Å². The molecule has 1 aromatic rings. The first-order chi connectivity index (χ1) is 11.2. The van der Waals surface area contributed by atoms with Crippen LogP contribution in [0.2, 0.25) is 0 Å². The number of ether oxygens (including phenoxy) is 1. The summed E-state index contributed by atoms with van der Waals surface area (Å²) in [6, 6.07) is -0.808. The van der Waals surface area contributed by atoms with Crippen LogP contribution >= 0.6 is 32.3 Å². The average Bonchev–Trinajstić information content (AvgIpc) is 2.47. The molecule has 5 N–H and O–H groups in total. The fourth-order valence-electron chi connectivity index (χ4n) is 2.18. The number of fused-ring (bicyclic) bond motifs is 2. The van der Waals surface area contributed by atoms with Crippen LogP contribution in [0, 0.1) is 0 Å². The number of nitrogens with one attached hydrogen (secondary N) is 1. The van der Waals surface area contributed by atoms with Crippen LogP contribution in [0.1, 0.15) is 0 Å². The number of aromatic nitrogens is 2. The first-order valence-electron chi connectivity index (χ1n) is 6.41. The Morgan fingerprint density at radius 2 is 2.04 bits per heavy atom. The van der Waals surface area contributed by atoms with Crippen LogP contribution in [0.4, 0.5) is 5.95 Å². The largest absolute Gasteiger partial charge is 0.469 e. The molecule has 0 amide bonds. The molecule has 1 aromatic heterocycles. The number of thiocarbonyl (C=S) groups is 2. The second kappa shape index (κ2) is 6.11. The summed E-state index contributed by atoms with van der Waals surface area (Å²) in [5, 5.41) is -0.0379. The Hall–Kier alpha value is -1.47. The number of aromatic amines is 1. The van der Waals surface area contributed by atoms with Gasteiger partial charge in [0.1, 0.15) is 12.1 Å². The zero-order chi connectivity index (χ0) is 17.6. The predicted octanol–water partition coefficient (Wildman–Crippen LogP) is -2.45. The number of hydrogen-bond donors (Lipinski definition) is 4. The van der Waals surface area contributed by atoms with E-state index in [0.717, 1.165) is 0 Å². The van der Waals surface area contributed by atoms with Gasteiger partial charge < -0.3 is 20.3 Å². The first kappa shape index (κ1) is 17.4. The molecule has 0 aliphatic carbocycles. The topological polar surface area (TPSA) is 172 Å². The maximum atomic E-state index is 11.9. The third-order valence-electron chi connectivity index (χ3n) is 3.18. The summed E-state index contributed by atoms with van der Waals surface area (Å²) in [7, 11) is -4.69. The fourth-order valence-corrected chi connectivity index (χ4v) is 3.05. The number of nitrogens with zero attached hydrogens (tertiary/aromatic N) is 3. The molecule has 0 aromatic carbocycles. The molecule has 11 nitrogen and oxygen atoms in total. The fraction of sp³-hybridized carbons (Fsp3) is 0.400. The van der Waals surface area contributed by atoms with Gasteiger partial charge in [0.15, 0.2) is 17.1 Å². The van der Waals surface area contributed by atoms with Crippen molar-refractivity contribution in [3.05, 3.63) is 21.2 Å². The number of rotatable bonds is 3. The van der Waals surface area contributed by atoms with Crippen LogP contribution in [-0.2, 0) is 13.8 Å². The molecule has 128 valence electrons. The highest BCUT2D eigenvalue weighted by atomic mass is 32.1. The van der Waals surface area contributed by atoms with Crippen LogP contribution in [-0.4, -0.2) is 54.5 Å². The molecule has 2 aliphatic heterocycles. The molecular weight excluding hydrogens is 381 g/mol. The van der Waals surface area contributed by atoms with E-state index in [2.05, 4.69) is 24.5 Å². The molecule has 1 fully saturated rings. The van der Waals surface area contributed by atoms with Gasteiger partial charge in [-0.05, 0) is 0 Å². The van der Waals surface area contributed by atoms with Crippen molar-refractivity contribution in [1.82, 2.24) is 9.97 Å². The molecule has 0 radical (unpaired) electrons. The van der Waals surface area contributed by atoms with E-state index in [9.17, 15) is 9.36 Å². The SMILES string of the molecule is Nc1nc2c(c(=O)[nH]1)=NC1C(=S)C(=S)[C@@H](COP(=O)(O)O)O[C@H]1N=2. The molecule has 2 aliphatic rings. The number of nitrogen functional groups attached to an aromatic ring is 1. The normalized spacial score (nSPS) is 26.2. The number of phosphoric acid groups is 1. The summed E-state index contributed by atoms with van der Waals surface area (Å²) in [6.07, 6.45) is -1.93. The van der Waals surface area contributed by atoms with Crippen LogP contribution in [0.5, 0.6) is 0 Å². The Morgan fingerprint density at radius 1 is 1.33 bits per heavy atom. The van der Waals surface area contributed by atoms with Gasteiger partial charge in [-0.15, -0.1) is 0 Å². The standard InChI is InChI=1S/C10H10N5O6PS2/c11-10-14-7-4(8(16)15-10)12-3-6(24)5(23)2(21-9(3)13-7)1-20-22(17,18)19/h2-3,9H,1H2,(H2,17,18,19)(H3,11,13,14,15,16)/t2-,3?,9-/m1/s1. The van der Waals surface area contributed by atoms with Crippen LogP contribution < -0.4 is 22.1 Å². The monoisotopic (exact) mass is 391 g/mol. The van der Waals surface area contributed by atoms with E-state index in [1.54, 1.807) is 0 Å². The number of H-pyrrole nitrogens is 1. The average molecular weight is 391 g/mol. The van der Waals surface area contributed by atoms with Crippen molar-refractivity contribution in [1.29, 1.82) is 0 Å². The smallest absolute Gasteiger partial charge is 0.369 e. The van der Waals surface area contributed by atoms with Crippen molar-refractivity contribution < 1.29 is 23.6 Å². The lowest BCUT2D eigenvalue weighted by molar-refractivity contribution is -0.00937. The molecular formula is C10H10N5O6PS2. The molecule has 1 saturated heterocycles. The summed E-state index contributed by atoms with van der Waals surface area (Å²) in [5.41, 5.74) is 4.88. The minimum Gasteiger partial charge on any atom is -0.369 e. The molecule has 1 unspecified atom stereocenters. The van der Waals surface area contributed by atoms with Gasteiger partial charge in [0.2, 0.25) is 5.95 Å². The summed E-state index contributed by atoms with van der Waals surface area (Å²) in [4.78, 5) is 44.2. The molecule has 24 heavy (non-hydrogen) atoms. The number of hydrogen-bond acceptors (Lipinski definition) is 10.